The summed E-state index contributed by atoms with van der Waals surface area (Å²) in [5.74, 6) is -7.08. The lowest BCUT2D eigenvalue weighted by molar-refractivity contribution is -0.182. The van der Waals surface area contributed by atoms with Crippen molar-refractivity contribution in [1.82, 2.24) is 0 Å². The molecule has 0 aromatic carbocycles. The molecule has 0 aromatic rings. The zero-order chi connectivity index (χ0) is 17.6. The predicted molar refractivity (Wildman–Crippen MR) is 74.2 cm³/mol. The molecule has 6 atom stereocenters. The Morgan fingerprint density at radius 1 is 1.25 bits per heavy atom. The summed E-state index contributed by atoms with van der Waals surface area (Å²) in [6, 6.07) is 0. The lowest BCUT2D eigenvalue weighted by atomic mass is 9.83. The van der Waals surface area contributed by atoms with Gasteiger partial charge in [0.1, 0.15) is 0 Å². The Balaban J connectivity index is 1.62. The van der Waals surface area contributed by atoms with Gasteiger partial charge < -0.3 is 29.9 Å². The van der Waals surface area contributed by atoms with E-state index in [-0.39, 0.29) is 11.8 Å². The third-order valence-electron chi connectivity index (χ3n) is 4.67. The van der Waals surface area contributed by atoms with Crippen LogP contribution in [-0.4, -0.2) is 50.7 Å². The number of carboxylic acids is 1. The van der Waals surface area contributed by atoms with Crippen LogP contribution in [0.15, 0.2) is 23.7 Å². The van der Waals surface area contributed by atoms with Crippen molar-refractivity contribution in [3.05, 3.63) is 23.7 Å². The van der Waals surface area contributed by atoms with E-state index in [1.165, 1.54) is 0 Å². The van der Waals surface area contributed by atoms with E-state index >= 15 is 0 Å². The van der Waals surface area contributed by atoms with Crippen LogP contribution in [0.3, 0.4) is 0 Å². The number of aliphatic hydroxyl groups excluding tert-OH is 3. The third kappa shape index (κ3) is 2.60. The lowest BCUT2D eigenvalue weighted by Gasteiger charge is -2.25. The molecule has 9 heteroatoms. The first kappa shape index (κ1) is 16.3. The predicted octanol–water partition coefficient (Wildman–Crippen LogP) is 0.0140. The van der Waals surface area contributed by atoms with E-state index in [4.69, 9.17) is 9.84 Å². The monoisotopic (exact) mass is 340 g/mol. The number of aliphatic carboxylic acids is 1. The van der Waals surface area contributed by atoms with Gasteiger partial charge in [-0.25, -0.2) is 4.79 Å². The van der Waals surface area contributed by atoms with Crippen molar-refractivity contribution in [2.45, 2.75) is 25.2 Å². The van der Waals surface area contributed by atoms with E-state index in [0.717, 1.165) is 0 Å². The quantitative estimate of drug-likeness (QED) is 0.308. The minimum atomic E-state index is -1.72. The summed E-state index contributed by atoms with van der Waals surface area (Å²) in [5.41, 5.74) is 0. The maximum atomic E-state index is 12.2. The number of ether oxygens (including phenoxy) is 2. The number of hydrogen-bond acceptors (Lipinski definition) is 8. The largest absolute Gasteiger partial charge is 0.505 e. The SMILES string of the molecule is O=C1O[C@H](CC(O)OC(=O)C2C3C=CC(C3)C2C(=O)O)C(O)=C1O. The molecular weight excluding hydrogens is 324 g/mol. The molecule has 0 amide bonds. The number of rotatable bonds is 5. The highest BCUT2D eigenvalue weighted by Gasteiger charge is 2.53. The molecule has 1 fully saturated rings. The molecule has 0 aromatic heterocycles. The molecule has 24 heavy (non-hydrogen) atoms. The van der Waals surface area contributed by atoms with Crippen LogP contribution >= 0.6 is 0 Å². The van der Waals surface area contributed by atoms with Crippen molar-refractivity contribution in [2.24, 2.45) is 23.7 Å². The van der Waals surface area contributed by atoms with E-state index in [0.29, 0.717) is 6.42 Å². The highest BCUT2D eigenvalue weighted by molar-refractivity contribution is 5.89. The summed E-state index contributed by atoms with van der Waals surface area (Å²) < 4.78 is 9.46. The van der Waals surface area contributed by atoms with Gasteiger partial charge in [-0.1, -0.05) is 12.2 Å². The zero-order valence-corrected chi connectivity index (χ0v) is 12.4. The first-order valence-corrected chi connectivity index (χ1v) is 7.42. The first-order valence-electron chi connectivity index (χ1n) is 7.42. The molecule has 1 saturated carbocycles. The maximum absolute atomic E-state index is 12.2. The zero-order valence-electron chi connectivity index (χ0n) is 12.4. The second kappa shape index (κ2) is 5.82. The summed E-state index contributed by atoms with van der Waals surface area (Å²) in [4.78, 5) is 34.7. The highest BCUT2D eigenvalue weighted by atomic mass is 16.6. The van der Waals surface area contributed by atoms with E-state index < -0.39 is 60.1 Å². The smallest absolute Gasteiger partial charge is 0.377 e. The number of carbonyl (C=O) groups excluding carboxylic acids is 2. The van der Waals surface area contributed by atoms with Crippen LogP contribution in [0.25, 0.3) is 0 Å². The molecule has 0 spiro atoms. The standard InChI is InChI=1S/C15H16O9/c16-8(4-7-11(17)12(18)15(22)23-7)24-14(21)10-6-2-1-5(3-6)9(10)13(19)20/h1-2,5-10,16-18H,3-4H2,(H,19,20)/t5?,6?,7-,8?,9?,10?/m1/s1. The molecule has 130 valence electrons. The van der Waals surface area contributed by atoms with Gasteiger partial charge in [0.15, 0.2) is 11.9 Å². The fraction of sp³-hybridized carbons (Fsp3) is 0.533. The molecule has 4 N–H and O–H groups in total. The average molecular weight is 340 g/mol. The first-order chi connectivity index (χ1) is 11.3. The van der Waals surface area contributed by atoms with Gasteiger partial charge in [0, 0.05) is 0 Å². The summed E-state index contributed by atoms with van der Waals surface area (Å²) in [6.07, 6.45) is 0.573. The lowest BCUT2D eigenvalue weighted by Crippen LogP contribution is -2.36. The van der Waals surface area contributed by atoms with E-state index in [2.05, 4.69) is 4.74 Å². The Bertz CT molecular complexity index is 649. The molecule has 3 rings (SSSR count). The molecule has 1 aliphatic heterocycles. The Morgan fingerprint density at radius 3 is 2.42 bits per heavy atom. The molecular formula is C15H16O9. The number of cyclic esters (lactones) is 1. The van der Waals surface area contributed by atoms with Crippen LogP contribution in [0.5, 0.6) is 0 Å². The highest BCUT2D eigenvalue weighted by Crippen LogP contribution is 2.48. The van der Waals surface area contributed by atoms with Gasteiger partial charge in [0.2, 0.25) is 12.0 Å². The molecule has 0 radical (unpaired) electrons. The fourth-order valence-electron chi connectivity index (χ4n) is 3.58. The van der Waals surface area contributed by atoms with Crippen molar-refractivity contribution in [2.75, 3.05) is 0 Å². The number of esters is 2. The van der Waals surface area contributed by atoms with Crippen LogP contribution in [0, 0.1) is 23.7 Å². The van der Waals surface area contributed by atoms with E-state index in [1.54, 1.807) is 12.2 Å². The van der Waals surface area contributed by atoms with E-state index in [1.807, 2.05) is 0 Å². The second-order valence-electron chi connectivity index (χ2n) is 6.09. The van der Waals surface area contributed by atoms with Crippen LogP contribution in [-0.2, 0) is 23.9 Å². The van der Waals surface area contributed by atoms with Crippen molar-refractivity contribution >= 4 is 17.9 Å². The normalized spacial score (nSPS) is 35.2. The van der Waals surface area contributed by atoms with Crippen LogP contribution in [0.4, 0.5) is 0 Å². The average Bonchev–Trinajstić information content (AvgIpc) is 3.18. The van der Waals surface area contributed by atoms with Crippen molar-refractivity contribution in [3.63, 3.8) is 0 Å². The molecule has 0 saturated heterocycles. The number of aliphatic hydroxyl groups is 3. The number of carbonyl (C=O) groups is 3. The summed E-state index contributed by atoms with van der Waals surface area (Å²) in [6.45, 7) is 0. The van der Waals surface area contributed by atoms with Gasteiger partial charge in [-0.15, -0.1) is 0 Å². The maximum Gasteiger partial charge on any atom is 0.377 e. The van der Waals surface area contributed by atoms with Crippen molar-refractivity contribution in [3.8, 4) is 0 Å². The fourth-order valence-corrected chi connectivity index (χ4v) is 3.58. The molecule has 3 aliphatic rings. The summed E-state index contributed by atoms with van der Waals surface area (Å²) >= 11 is 0. The molecule has 5 unspecified atom stereocenters. The molecule has 9 nitrogen and oxygen atoms in total. The Hall–Kier alpha value is -2.55. The topological polar surface area (TPSA) is 151 Å². The van der Waals surface area contributed by atoms with Crippen LogP contribution < -0.4 is 0 Å². The number of fused-ring (bicyclic) bond motifs is 2. The van der Waals surface area contributed by atoms with Crippen molar-refractivity contribution < 1.29 is 44.3 Å². The van der Waals surface area contributed by atoms with Crippen LogP contribution in [0.2, 0.25) is 0 Å². The number of hydrogen-bond donors (Lipinski definition) is 4. The third-order valence-corrected chi connectivity index (χ3v) is 4.67. The van der Waals surface area contributed by atoms with Gasteiger partial charge in [-0.3, -0.25) is 9.59 Å². The second-order valence-corrected chi connectivity index (χ2v) is 6.09. The van der Waals surface area contributed by atoms with Gasteiger partial charge in [-0.05, 0) is 18.3 Å². The molecule has 1 heterocycles. The number of carboxylic acid groups (broad SMARTS) is 1. The minimum absolute atomic E-state index is 0.234. The van der Waals surface area contributed by atoms with Gasteiger partial charge in [0.05, 0.1) is 18.3 Å². The van der Waals surface area contributed by atoms with E-state index in [9.17, 15) is 29.7 Å². The van der Waals surface area contributed by atoms with Gasteiger partial charge in [0.25, 0.3) is 0 Å². The Morgan fingerprint density at radius 2 is 1.88 bits per heavy atom. The Kier molecular flexibility index (Phi) is 3.96. The minimum Gasteiger partial charge on any atom is -0.505 e. The summed E-state index contributed by atoms with van der Waals surface area (Å²) in [7, 11) is 0. The summed E-state index contributed by atoms with van der Waals surface area (Å²) in [5, 5.41) is 37.7. The van der Waals surface area contributed by atoms with Gasteiger partial charge in [-0.2, -0.15) is 0 Å². The molecule has 2 bridgehead atoms. The molecule has 2 aliphatic carbocycles. The number of allylic oxidation sites excluding steroid dienone is 2. The van der Waals surface area contributed by atoms with Crippen molar-refractivity contribution in [1.29, 1.82) is 0 Å². The Labute approximate surface area is 135 Å². The van der Waals surface area contributed by atoms with Crippen LogP contribution in [0.1, 0.15) is 12.8 Å². The van der Waals surface area contributed by atoms with Gasteiger partial charge >= 0.3 is 17.9 Å².